The number of halogens is 1. The number of fused-ring (bicyclic) bond motifs is 1. The molecule has 3 nitrogen and oxygen atoms in total. The van der Waals surface area contributed by atoms with Gasteiger partial charge in [-0.15, -0.1) is 0 Å². The van der Waals surface area contributed by atoms with Crippen LogP contribution < -0.4 is 0 Å². The number of carbonyl (C=O) groups is 1. The average Bonchev–Trinajstić information content (AvgIpc) is 2.45. The number of carboxylic acid groups (broad SMARTS) is 1. The van der Waals surface area contributed by atoms with Gasteiger partial charge in [0.15, 0.2) is 0 Å². The van der Waals surface area contributed by atoms with Gasteiger partial charge in [0.05, 0.1) is 5.52 Å². The maximum atomic E-state index is 11.2. The fourth-order valence-electron chi connectivity index (χ4n) is 2.21. The van der Waals surface area contributed by atoms with Gasteiger partial charge in [-0.05, 0) is 31.0 Å². The lowest BCUT2D eigenvalue weighted by Gasteiger charge is -2.04. The molecular formula is C12H12ClNO2. The van der Waals surface area contributed by atoms with Crippen molar-refractivity contribution in [3.05, 3.63) is 34.0 Å². The molecule has 16 heavy (non-hydrogen) atoms. The van der Waals surface area contributed by atoms with Gasteiger partial charge in [0.2, 0.25) is 0 Å². The van der Waals surface area contributed by atoms with Crippen molar-refractivity contribution in [1.82, 2.24) is 4.57 Å². The Morgan fingerprint density at radius 1 is 1.31 bits per heavy atom. The summed E-state index contributed by atoms with van der Waals surface area (Å²) in [6, 6.07) is 3.67. The minimum atomic E-state index is -0.910. The molecule has 1 aromatic heterocycles. The number of rotatable bonds is 1. The summed E-state index contributed by atoms with van der Waals surface area (Å²) >= 11 is 6.04. The summed E-state index contributed by atoms with van der Waals surface area (Å²) in [7, 11) is 1.75. The lowest BCUT2D eigenvalue weighted by atomic mass is 10.1. The van der Waals surface area contributed by atoms with Crippen LogP contribution >= 0.6 is 11.6 Å². The van der Waals surface area contributed by atoms with Crippen molar-refractivity contribution in [2.45, 2.75) is 13.8 Å². The van der Waals surface area contributed by atoms with E-state index in [1.807, 2.05) is 19.9 Å². The molecule has 1 N–H and O–H groups in total. The highest BCUT2D eigenvalue weighted by Crippen LogP contribution is 2.31. The molecule has 2 rings (SSSR count). The van der Waals surface area contributed by atoms with Gasteiger partial charge in [-0.1, -0.05) is 17.7 Å². The molecule has 0 spiro atoms. The molecule has 4 heteroatoms. The van der Waals surface area contributed by atoms with Gasteiger partial charge in [0, 0.05) is 17.5 Å². The Morgan fingerprint density at radius 2 is 1.94 bits per heavy atom. The highest BCUT2D eigenvalue weighted by molar-refractivity contribution is 6.32. The third kappa shape index (κ3) is 1.32. The number of aryl methyl sites for hydroxylation is 3. The molecule has 0 bridgehead atoms. The van der Waals surface area contributed by atoms with Crippen molar-refractivity contribution in [2.24, 2.45) is 7.05 Å². The fourth-order valence-corrected chi connectivity index (χ4v) is 2.36. The van der Waals surface area contributed by atoms with E-state index in [1.54, 1.807) is 17.7 Å². The predicted molar refractivity (Wildman–Crippen MR) is 64.4 cm³/mol. The lowest BCUT2D eigenvalue weighted by Crippen LogP contribution is -2.06. The first-order valence-corrected chi connectivity index (χ1v) is 5.30. The second kappa shape index (κ2) is 3.52. The van der Waals surface area contributed by atoms with E-state index in [4.69, 9.17) is 16.7 Å². The van der Waals surface area contributed by atoms with Crippen LogP contribution in [0.1, 0.15) is 21.6 Å². The van der Waals surface area contributed by atoms with Crippen molar-refractivity contribution >= 4 is 28.5 Å². The number of carboxylic acids is 1. The Hall–Kier alpha value is -1.48. The van der Waals surface area contributed by atoms with Gasteiger partial charge < -0.3 is 9.67 Å². The van der Waals surface area contributed by atoms with E-state index in [-0.39, 0.29) is 0 Å². The van der Waals surface area contributed by atoms with Gasteiger partial charge in [0.25, 0.3) is 0 Å². The number of hydrogen-bond donors (Lipinski definition) is 1. The maximum Gasteiger partial charge on any atom is 0.352 e. The average molecular weight is 238 g/mol. The minimum absolute atomic E-state index is 0.320. The van der Waals surface area contributed by atoms with E-state index in [2.05, 4.69) is 0 Å². The zero-order chi connectivity index (χ0) is 12.0. The quantitative estimate of drug-likeness (QED) is 0.828. The number of nitrogens with zero attached hydrogens (tertiary/aromatic N) is 1. The molecule has 0 radical (unpaired) electrons. The van der Waals surface area contributed by atoms with E-state index < -0.39 is 5.97 Å². The summed E-state index contributed by atoms with van der Waals surface area (Å²) in [6.45, 7) is 3.72. The Kier molecular flexibility index (Phi) is 2.43. The third-order valence-corrected chi connectivity index (χ3v) is 3.41. The summed E-state index contributed by atoms with van der Waals surface area (Å²) in [5.41, 5.74) is 2.91. The van der Waals surface area contributed by atoms with Gasteiger partial charge in [-0.3, -0.25) is 0 Å². The molecule has 1 heterocycles. The first kappa shape index (κ1) is 11.0. The molecular weight excluding hydrogens is 226 g/mol. The molecule has 0 aliphatic heterocycles. The summed E-state index contributed by atoms with van der Waals surface area (Å²) in [6.07, 6.45) is 0. The lowest BCUT2D eigenvalue weighted by molar-refractivity contribution is 0.0686. The van der Waals surface area contributed by atoms with Gasteiger partial charge in [0.1, 0.15) is 5.69 Å². The van der Waals surface area contributed by atoms with E-state index in [9.17, 15) is 4.79 Å². The van der Waals surface area contributed by atoms with Crippen LogP contribution in [0, 0.1) is 13.8 Å². The Balaban J connectivity index is 3.00. The van der Waals surface area contributed by atoms with Crippen LogP contribution in [0.25, 0.3) is 10.9 Å². The SMILES string of the molecule is Cc1c(C(=O)O)n(C)c2c(C)c(Cl)ccc12. The topological polar surface area (TPSA) is 42.2 Å². The molecule has 0 saturated carbocycles. The molecule has 0 amide bonds. The largest absolute Gasteiger partial charge is 0.477 e. The van der Waals surface area contributed by atoms with E-state index in [0.29, 0.717) is 10.7 Å². The minimum Gasteiger partial charge on any atom is -0.477 e. The third-order valence-electron chi connectivity index (χ3n) is 3.00. The molecule has 0 atom stereocenters. The predicted octanol–water partition coefficient (Wildman–Crippen LogP) is 3.15. The van der Waals surface area contributed by atoms with Crippen LogP contribution in [0.3, 0.4) is 0 Å². The maximum absolute atomic E-state index is 11.2. The first-order chi connectivity index (χ1) is 7.45. The van der Waals surface area contributed by atoms with E-state index >= 15 is 0 Å². The Morgan fingerprint density at radius 3 is 2.50 bits per heavy atom. The summed E-state index contributed by atoms with van der Waals surface area (Å²) in [5.74, 6) is -0.910. The Bertz CT molecular complexity index is 599. The summed E-state index contributed by atoms with van der Waals surface area (Å²) in [4.78, 5) is 11.2. The molecule has 0 unspecified atom stereocenters. The standard InChI is InChI=1S/C12H12ClNO2/c1-6-8-4-5-9(13)7(2)10(8)14(3)11(6)12(15)16/h4-5H,1-3H3,(H,15,16). The fraction of sp³-hybridized carbons (Fsp3) is 0.250. The van der Waals surface area contributed by atoms with Crippen LogP contribution in [0.2, 0.25) is 5.02 Å². The van der Waals surface area contributed by atoms with Crippen LogP contribution in [-0.2, 0) is 7.05 Å². The number of benzene rings is 1. The van der Waals surface area contributed by atoms with E-state index in [1.165, 1.54) is 0 Å². The van der Waals surface area contributed by atoms with Crippen molar-refractivity contribution in [2.75, 3.05) is 0 Å². The highest BCUT2D eigenvalue weighted by atomic mass is 35.5. The zero-order valence-electron chi connectivity index (χ0n) is 9.34. The van der Waals surface area contributed by atoms with Crippen molar-refractivity contribution < 1.29 is 9.90 Å². The zero-order valence-corrected chi connectivity index (χ0v) is 10.1. The molecule has 0 aliphatic carbocycles. The number of aromatic carboxylic acids is 1. The van der Waals surface area contributed by atoms with Gasteiger partial charge >= 0.3 is 5.97 Å². The number of aromatic nitrogens is 1. The van der Waals surface area contributed by atoms with Gasteiger partial charge in [-0.2, -0.15) is 0 Å². The van der Waals surface area contributed by atoms with Crippen LogP contribution in [-0.4, -0.2) is 15.6 Å². The highest BCUT2D eigenvalue weighted by Gasteiger charge is 2.19. The Labute approximate surface area is 98.3 Å². The van der Waals surface area contributed by atoms with E-state index in [0.717, 1.165) is 22.0 Å². The normalized spacial score (nSPS) is 11.0. The first-order valence-electron chi connectivity index (χ1n) is 4.92. The second-order valence-corrected chi connectivity index (χ2v) is 4.31. The second-order valence-electron chi connectivity index (χ2n) is 3.91. The molecule has 0 saturated heterocycles. The van der Waals surface area contributed by atoms with Crippen LogP contribution in [0.5, 0.6) is 0 Å². The van der Waals surface area contributed by atoms with Crippen LogP contribution in [0.4, 0.5) is 0 Å². The molecule has 0 aliphatic rings. The van der Waals surface area contributed by atoms with Crippen molar-refractivity contribution in [3.63, 3.8) is 0 Å². The molecule has 84 valence electrons. The number of hydrogen-bond acceptors (Lipinski definition) is 1. The molecule has 0 fully saturated rings. The smallest absolute Gasteiger partial charge is 0.352 e. The van der Waals surface area contributed by atoms with Crippen molar-refractivity contribution in [3.8, 4) is 0 Å². The monoisotopic (exact) mass is 237 g/mol. The van der Waals surface area contributed by atoms with Crippen LogP contribution in [0.15, 0.2) is 12.1 Å². The summed E-state index contributed by atoms with van der Waals surface area (Å²) in [5, 5.41) is 10.8. The molecule has 1 aromatic carbocycles. The van der Waals surface area contributed by atoms with Crippen molar-refractivity contribution in [1.29, 1.82) is 0 Å². The molecule has 2 aromatic rings. The van der Waals surface area contributed by atoms with Gasteiger partial charge in [-0.25, -0.2) is 4.79 Å². The summed E-state index contributed by atoms with van der Waals surface area (Å²) < 4.78 is 1.69.